The largest absolute Gasteiger partial charge is 0.338 e. The van der Waals surface area contributed by atoms with Crippen molar-refractivity contribution in [1.82, 2.24) is 20.4 Å². The fraction of sp³-hybridized carbons (Fsp3) is 0.846. The van der Waals surface area contributed by atoms with E-state index in [1.54, 1.807) is 0 Å². The molecule has 0 bridgehead atoms. The zero-order chi connectivity index (χ0) is 13.2. The number of halogens is 1. The maximum absolute atomic E-state index is 5.33. The molecule has 0 spiro atoms. The number of rotatable bonds is 4. The molecule has 0 aliphatic carbocycles. The average Bonchev–Trinajstić information content (AvgIpc) is 2.88. The van der Waals surface area contributed by atoms with E-state index in [4.69, 9.17) is 4.52 Å². The van der Waals surface area contributed by atoms with E-state index in [1.807, 2.05) is 7.05 Å². The highest BCUT2D eigenvalue weighted by Crippen LogP contribution is 2.21. The number of hydrogen-bond acceptors (Lipinski definition) is 5. The first-order valence-electron chi connectivity index (χ1n) is 6.69. The lowest BCUT2D eigenvalue weighted by atomic mass is 9.96. The van der Waals surface area contributed by atoms with E-state index in [1.165, 1.54) is 6.42 Å². The van der Waals surface area contributed by atoms with Gasteiger partial charge in [-0.05, 0) is 32.5 Å². The fourth-order valence-corrected chi connectivity index (χ4v) is 2.33. The first-order chi connectivity index (χ1) is 8.49. The molecule has 0 saturated carbocycles. The molecule has 2 heterocycles. The van der Waals surface area contributed by atoms with Crippen LogP contribution in [0.3, 0.4) is 0 Å². The van der Waals surface area contributed by atoms with Crippen molar-refractivity contribution in [2.24, 2.45) is 5.92 Å². The summed E-state index contributed by atoms with van der Waals surface area (Å²) in [6.45, 7) is 10.4. The van der Waals surface area contributed by atoms with Gasteiger partial charge in [0.25, 0.3) is 0 Å². The van der Waals surface area contributed by atoms with Crippen molar-refractivity contribution in [3.8, 4) is 0 Å². The third-order valence-corrected chi connectivity index (χ3v) is 3.36. The summed E-state index contributed by atoms with van der Waals surface area (Å²) in [5, 5.41) is 7.30. The van der Waals surface area contributed by atoms with Crippen molar-refractivity contribution < 1.29 is 4.52 Å². The molecule has 0 amide bonds. The molecule has 1 aromatic heterocycles. The zero-order valence-corrected chi connectivity index (χ0v) is 13.1. The third-order valence-electron chi connectivity index (χ3n) is 3.36. The van der Waals surface area contributed by atoms with Crippen molar-refractivity contribution in [2.45, 2.75) is 39.2 Å². The van der Waals surface area contributed by atoms with Gasteiger partial charge in [0.2, 0.25) is 5.89 Å². The summed E-state index contributed by atoms with van der Waals surface area (Å²) < 4.78 is 5.33. The lowest BCUT2D eigenvalue weighted by molar-refractivity contribution is 0.258. The highest BCUT2D eigenvalue weighted by molar-refractivity contribution is 5.85. The van der Waals surface area contributed by atoms with E-state index in [-0.39, 0.29) is 17.8 Å². The minimum absolute atomic E-state index is 0. The van der Waals surface area contributed by atoms with Gasteiger partial charge >= 0.3 is 0 Å². The van der Waals surface area contributed by atoms with Crippen LogP contribution in [0.25, 0.3) is 0 Å². The Kier molecular flexibility index (Phi) is 5.77. The van der Waals surface area contributed by atoms with Crippen LogP contribution in [0.2, 0.25) is 0 Å². The van der Waals surface area contributed by atoms with Crippen LogP contribution in [0.4, 0.5) is 0 Å². The quantitative estimate of drug-likeness (QED) is 0.916. The minimum Gasteiger partial charge on any atom is -0.338 e. The highest BCUT2D eigenvalue weighted by atomic mass is 35.5. The van der Waals surface area contributed by atoms with E-state index >= 15 is 0 Å². The average molecular weight is 289 g/mol. The van der Waals surface area contributed by atoms with Gasteiger partial charge in [-0.3, -0.25) is 4.90 Å². The lowest BCUT2D eigenvalue weighted by Gasteiger charge is -2.13. The summed E-state index contributed by atoms with van der Waals surface area (Å²) >= 11 is 0. The van der Waals surface area contributed by atoms with Gasteiger partial charge in [0, 0.05) is 12.0 Å². The SMILES string of the molecule is CNCC1CCN(Cc2nc(C(C)(C)C)no2)C1.Cl. The molecule has 2 rings (SSSR count). The number of hydrogen-bond donors (Lipinski definition) is 1. The molecule has 0 radical (unpaired) electrons. The molecule has 1 atom stereocenters. The fourth-order valence-electron chi connectivity index (χ4n) is 2.33. The van der Waals surface area contributed by atoms with Gasteiger partial charge in [0.15, 0.2) is 5.82 Å². The van der Waals surface area contributed by atoms with Gasteiger partial charge in [-0.1, -0.05) is 25.9 Å². The molecule has 19 heavy (non-hydrogen) atoms. The Hall–Kier alpha value is -0.650. The van der Waals surface area contributed by atoms with Crippen LogP contribution < -0.4 is 5.32 Å². The summed E-state index contributed by atoms with van der Waals surface area (Å²) in [5.41, 5.74) is -0.0403. The monoisotopic (exact) mass is 288 g/mol. The van der Waals surface area contributed by atoms with E-state index in [0.717, 1.165) is 43.8 Å². The number of nitrogens with zero attached hydrogens (tertiary/aromatic N) is 3. The van der Waals surface area contributed by atoms with Crippen LogP contribution in [0.5, 0.6) is 0 Å². The second-order valence-corrected chi connectivity index (χ2v) is 6.21. The molecular weight excluding hydrogens is 264 g/mol. The summed E-state index contributed by atoms with van der Waals surface area (Å²) in [5.74, 6) is 2.29. The van der Waals surface area contributed by atoms with E-state index < -0.39 is 0 Å². The Morgan fingerprint density at radius 2 is 2.16 bits per heavy atom. The molecule has 5 nitrogen and oxygen atoms in total. The van der Waals surface area contributed by atoms with Crippen LogP contribution in [0, 0.1) is 5.92 Å². The molecule has 6 heteroatoms. The van der Waals surface area contributed by atoms with Gasteiger partial charge in [-0.25, -0.2) is 0 Å². The van der Waals surface area contributed by atoms with Crippen molar-refractivity contribution in [3.63, 3.8) is 0 Å². The Balaban J connectivity index is 0.00000180. The van der Waals surface area contributed by atoms with Gasteiger partial charge in [-0.15, -0.1) is 12.4 Å². The Morgan fingerprint density at radius 3 is 2.74 bits per heavy atom. The van der Waals surface area contributed by atoms with E-state index in [2.05, 4.69) is 41.1 Å². The van der Waals surface area contributed by atoms with Gasteiger partial charge < -0.3 is 9.84 Å². The Labute approximate surface area is 121 Å². The van der Waals surface area contributed by atoms with Crippen LogP contribution in [-0.2, 0) is 12.0 Å². The predicted octanol–water partition coefficient (Wildman–Crippen LogP) is 1.83. The van der Waals surface area contributed by atoms with Crippen molar-refractivity contribution in [2.75, 3.05) is 26.7 Å². The molecule has 110 valence electrons. The third kappa shape index (κ3) is 4.44. The Morgan fingerprint density at radius 1 is 1.42 bits per heavy atom. The Bertz CT molecular complexity index is 388. The standard InChI is InChI=1S/C13H24N4O.ClH/c1-13(2,3)12-15-11(18-16-12)9-17-6-5-10(8-17)7-14-4;/h10,14H,5-9H2,1-4H3;1H. The van der Waals surface area contributed by atoms with Crippen molar-refractivity contribution >= 4 is 12.4 Å². The second-order valence-electron chi connectivity index (χ2n) is 6.21. The molecule has 1 N–H and O–H groups in total. The number of nitrogens with one attached hydrogen (secondary N) is 1. The molecule has 0 aromatic carbocycles. The van der Waals surface area contributed by atoms with E-state index in [9.17, 15) is 0 Å². The van der Waals surface area contributed by atoms with Crippen LogP contribution in [0.1, 0.15) is 38.9 Å². The first kappa shape index (κ1) is 16.4. The molecule has 1 aromatic rings. The summed E-state index contributed by atoms with van der Waals surface area (Å²) in [4.78, 5) is 6.87. The molecule has 1 saturated heterocycles. The summed E-state index contributed by atoms with van der Waals surface area (Å²) in [7, 11) is 2.01. The minimum atomic E-state index is -0.0403. The first-order valence-corrected chi connectivity index (χ1v) is 6.69. The van der Waals surface area contributed by atoms with Gasteiger partial charge in [-0.2, -0.15) is 4.98 Å². The second kappa shape index (κ2) is 6.68. The maximum Gasteiger partial charge on any atom is 0.240 e. The van der Waals surface area contributed by atoms with E-state index in [0.29, 0.717) is 0 Å². The molecule has 1 aliphatic rings. The predicted molar refractivity (Wildman–Crippen MR) is 77.6 cm³/mol. The highest BCUT2D eigenvalue weighted by Gasteiger charge is 2.25. The number of likely N-dealkylation sites (tertiary alicyclic amines) is 1. The van der Waals surface area contributed by atoms with Gasteiger partial charge in [0.1, 0.15) is 0 Å². The molecule has 1 aliphatic heterocycles. The molecule has 1 unspecified atom stereocenters. The number of aromatic nitrogens is 2. The smallest absolute Gasteiger partial charge is 0.240 e. The summed E-state index contributed by atoms with van der Waals surface area (Å²) in [6.07, 6.45) is 1.25. The van der Waals surface area contributed by atoms with Crippen LogP contribution in [0.15, 0.2) is 4.52 Å². The van der Waals surface area contributed by atoms with Gasteiger partial charge in [0.05, 0.1) is 6.54 Å². The van der Waals surface area contributed by atoms with Crippen LogP contribution in [-0.4, -0.2) is 41.7 Å². The summed E-state index contributed by atoms with van der Waals surface area (Å²) in [6, 6.07) is 0. The topological polar surface area (TPSA) is 54.2 Å². The maximum atomic E-state index is 5.33. The zero-order valence-electron chi connectivity index (χ0n) is 12.3. The van der Waals surface area contributed by atoms with Crippen LogP contribution >= 0.6 is 12.4 Å². The molecular formula is C13H25ClN4O. The molecule has 1 fully saturated rings. The normalized spacial score (nSPS) is 20.5. The lowest BCUT2D eigenvalue weighted by Crippen LogP contribution is -2.24. The van der Waals surface area contributed by atoms with Crippen molar-refractivity contribution in [1.29, 1.82) is 0 Å². The van der Waals surface area contributed by atoms with Crippen molar-refractivity contribution in [3.05, 3.63) is 11.7 Å².